The molecule has 2 rings (SSSR count). The predicted molar refractivity (Wildman–Crippen MR) is 80.3 cm³/mol. The molecule has 2 heterocycles. The molecule has 0 aliphatic carbocycles. The molecule has 1 aromatic rings. The Kier molecular flexibility index (Phi) is 4.63. The maximum Gasteiger partial charge on any atom is 0.335 e. The number of piperidine rings is 1. The smallest absolute Gasteiger partial charge is 0.335 e. The third kappa shape index (κ3) is 3.71. The first-order chi connectivity index (χ1) is 9.45. The van der Waals surface area contributed by atoms with E-state index in [0.29, 0.717) is 11.5 Å². The van der Waals surface area contributed by atoms with Gasteiger partial charge in [0.2, 0.25) is 0 Å². The largest absolute Gasteiger partial charge is 0.478 e. The van der Waals surface area contributed by atoms with Crippen LogP contribution >= 0.6 is 0 Å². The summed E-state index contributed by atoms with van der Waals surface area (Å²) in [6.07, 6.45) is 3.12. The first kappa shape index (κ1) is 14.8. The highest BCUT2D eigenvalue weighted by atomic mass is 16.4. The normalized spacial score (nSPS) is 16.7. The van der Waals surface area contributed by atoms with Gasteiger partial charge in [-0.25, -0.2) is 9.78 Å². The van der Waals surface area contributed by atoms with E-state index < -0.39 is 5.97 Å². The van der Waals surface area contributed by atoms with Gasteiger partial charge in [0.25, 0.3) is 0 Å². The summed E-state index contributed by atoms with van der Waals surface area (Å²) in [5.41, 5.74) is 1.23. The molecule has 1 fully saturated rings. The summed E-state index contributed by atoms with van der Waals surface area (Å²) in [5, 5.41) is 9.26. The number of carboxylic acid groups (broad SMARTS) is 1. The van der Waals surface area contributed by atoms with E-state index in [1.54, 1.807) is 12.1 Å². The lowest BCUT2D eigenvalue weighted by Gasteiger charge is -2.31. The average molecular weight is 276 g/mol. The van der Waals surface area contributed by atoms with Gasteiger partial charge < -0.3 is 10.0 Å². The standard InChI is InChI=1S/C16H24N2O2/c1-11(2)8-14-9-13(16(19)20)10-15(17-14)18-6-4-12(3)5-7-18/h9-12H,4-8H2,1-3H3,(H,19,20). The molecule has 4 nitrogen and oxygen atoms in total. The highest BCUT2D eigenvalue weighted by Crippen LogP contribution is 2.23. The Hall–Kier alpha value is -1.58. The van der Waals surface area contributed by atoms with Gasteiger partial charge in [0.1, 0.15) is 5.82 Å². The van der Waals surface area contributed by atoms with Crippen molar-refractivity contribution in [2.75, 3.05) is 18.0 Å². The van der Waals surface area contributed by atoms with Crippen molar-refractivity contribution in [2.24, 2.45) is 11.8 Å². The van der Waals surface area contributed by atoms with Crippen LogP contribution in [-0.4, -0.2) is 29.1 Å². The van der Waals surface area contributed by atoms with Gasteiger partial charge in [-0.2, -0.15) is 0 Å². The van der Waals surface area contributed by atoms with E-state index in [1.807, 2.05) is 0 Å². The van der Waals surface area contributed by atoms with Crippen LogP contribution in [0.2, 0.25) is 0 Å². The van der Waals surface area contributed by atoms with Crippen molar-refractivity contribution in [3.8, 4) is 0 Å². The molecule has 0 amide bonds. The highest BCUT2D eigenvalue weighted by Gasteiger charge is 2.19. The van der Waals surface area contributed by atoms with Crippen LogP contribution in [0.4, 0.5) is 5.82 Å². The van der Waals surface area contributed by atoms with Gasteiger partial charge in [-0.05, 0) is 43.2 Å². The van der Waals surface area contributed by atoms with E-state index in [9.17, 15) is 9.90 Å². The lowest BCUT2D eigenvalue weighted by atomic mass is 9.99. The lowest BCUT2D eigenvalue weighted by molar-refractivity contribution is 0.0696. The quantitative estimate of drug-likeness (QED) is 0.917. The molecular formula is C16H24N2O2. The molecule has 1 aliphatic heterocycles. The zero-order valence-electron chi connectivity index (χ0n) is 12.6. The second-order valence-electron chi connectivity index (χ2n) is 6.28. The summed E-state index contributed by atoms with van der Waals surface area (Å²) in [6.45, 7) is 8.45. The van der Waals surface area contributed by atoms with Gasteiger partial charge in [-0.1, -0.05) is 20.8 Å². The molecule has 1 saturated heterocycles. The summed E-state index contributed by atoms with van der Waals surface area (Å²) < 4.78 is 0. The van der Waals surface area contributed by atoms with Crippen LogP contribution in [-0.2, 0) is 6.42 Å². The summed E-state index contributed by atoms with van der Waals surface area (Å²) in [4.78, 5) is 18.2. The van der Waals surface area contributed by atoms with E-state index >= 15 is 0 Å². The number of carbonyl (C=O) groups is 1. The molecule has 0 radical (unpaired) electrons. The second-order valence-corrected chi connectivity index (χ2v) is 6.28. The minimum Gasteiger partial charge on any atom is -0.478 e. The fraction of sp³-hybridized carbons (Fsp3) is 0.625. The maximum absolute atomic E-state index is 11.3. The number of anilines is 1. The molecule has 0 unspecified atom stereocenters. The van der Waals surface area contributed by atoms with Crippen molar-refractivity contribution in [3.05, 3.63) is 23.4 Å². The fourth-order valence-electron chi connectivity index (χ4n) is 2.62. The van der Waals surface area contributed by atoms with E-state index in [-0.39, 0.29) is 0 Å². The number of pyridine rings is 1. The molecule has 1 N–H and O–H groups in total. The van der Waals surface area contributed by atoms with Crippen LogP contribution < -0.4 is 4.90 Å². The van der Waals surface area contributed by atoms with Crippen molar-refractivity contribution in [3.63, 3.8) is 0 Å². The molecule has 110 valence electrons. The number of aromatic nitrogens is 1. The number of hydrogen-bond acceptors (Lipinski definition) is 3. The Morgan fingerprint density at radius 1 is 1.40 bits per heavy atom. The predicted octanol–water partition coefficient (Wildman–Crippen LogP) is 3.21. The second kappa shape index (κ2) is 6.25. The van der Waals surface area contributed by atoms with Crippen LogP contribution in [0.15, 0.2) is 12.1 Å². The Labute approximate surface area is 120 Å². The summed E-state index contributed by atoms with van der Waals surface area (Å²) in [5.74, 6) is 1.18. The van der Waals surface area contributed by atoms with Gasteiger partial charge in [0.15, 0.2) is 0 Å². The molecule has 0 saturated carbocycles. The lowest BCUT2D eigenvalue weighted by Crippen LogP contribution is -2.33. The maximum atomic E-state index is 11.3. The number of nitrogens with zero attached hydrogens (tertiary/aromatic N) is 2. The van der Waals surface area contributed by atoms with Crippen LogP contribution in [0.5, 0.6) is 0 Å². The van der Waals surface area contributed by atoms with Crippen molar-refractivity contribution >= 4 is 11.8 Å². The molecule has 4 heteroatoms. The van der Waals surface area contributed by atoms with E-state index in [2.05, 4.69) is 30.7 Å². The first-order valence-electron chi connectivity index (χ1n) is 7.45. The van der Waals surface area contributed by atoms with E-state index in [1.165, 1.54) is 0 Å². The number of hydrogen-bond donors (Lipinski definition) is 1. The van der Waals surface area contributed by atoms with Crippen molar-refractivity contribution in [1.29, 1.82) is 0 Å². The topological polar surface area (TPSA) is 53.4 Å². The van der Waals surface area contributed by atoms with Gasteiger partial charge in [-0.15, -0.1) is 0 Å². The SMILES string of the molecule is CC(C)Cc1cc(C(=O)O)cc(N2CCC(C)CC2)n1. The number of aromatic carboxylic acids is 1. The van der Waals surface area contributed by atoms with Crippen LogP contribution in [0.3, 0.4) is 0 Å². The van der Waals surface area contributed by atoms with Gasteiger partial charge in [0, 0.05) is 18.8 Å². The average Bonchev–Trinajstić information content (AvgIpc) is 2.38. The molecule has 0 spiro atoms. The third-order valence-electron chi connectivity index (χ3n) is 3.84. The Morgan fingerprint density at radius 3 is 2.60 bits per heavy atom. The molecule has 0 bridgehead atoms. The minimum atomic E-state index is -0.871. The Balaban J connectivity index is 2.26. The van der Waals surface area contributed by atoms with Crippen LogP contribution in [0.1, 0.15) is 49.7 Å². The first-order valence-corrected chi connectivity index (χ1v) is 7.45. The Bertz CT molecular complexity index is 477. The number of rotatable bonds is 4. The Morgan fingerprint density at radius 2 is 2.05 bits per heavy atom. The van der Waals surface area contributed by atoms with Crippen molar-refractivity contribution in [2.45, 2.75) is 40.0 Å². The van der Waals surface area contributed by atoms with Gasteiger partial charge in [-0.3, -0.25) is 0 Å². The molecule has 20 heavy (non-hydrogen) atoms. The van der Waals surface area contributed by atoms with Crippen LogP contribution in [0, 0.1) is 11.8 Å². The molecular weight excluding hydrogens is 252 g/mol. The van der Waals surface area contributed by atoms with Crippen molar-refractivity contribution < 1.29 is 9.90 Å². The molecule has 0 aromatic carbocycles. The summed E-state index contributed by atoms with van der Waals surface area (Å²) in [6, 6.07) is 3.42. The monoisotopic (exact) mass is 276 g/mol. The molecule has 1 aliphatic rings. The highest BCUT2D eigenvalue weighted by molar-refractivity contribution is 5.88. The zero-order chi connectivity index (χ0) is 14.7. The van der Waals surface area contributed by atoms with Gasteiger partial charge in [0.05, 0.1) is 5.56 Å². The van der Waals surface area contributed by atoms with E-state index in [4.69, 9.17) is 0 Å². The third-order valence-corrected chi connectivity index (χ3v) is 3.84. The van der Waals surface area contributed by atoms with Crippen molar-refractivity contribution in [1.82, 2.24) is 4.98 Å². The summed E-state index contributed by atoms with van der Waals surface area (Å²) >= 11 is 0. The fourth-order valence-corrected chi connectivity index (χ4v) is 2.62. The zero-order valence-corrected chi connectivity index (χ0v) is 12.6. The van der Waals surface area contributed by atoms with E-state index in [0.717, 1.165) is 49.8 Å². The van der Waals surface area contributed by atoms with Gasteiger partial charge >= 0.3 is 5.97 Å². The summed E-state index contributed by atoms with van der Waals surface area (Å²) in [7, 11) is 0. The molecule has 1 aromatic heterocycles. The number of carboxylic acids is 1. The molecule has 0 atom stereocenters. The van der Waals surface area contributed by atoms with Crippen LogP contribution in [0.25, 0.3) is 0 Å². The minimum absolute atomic E-state index is 0.351.